The minimum Gasteiger partial charge on any atom is -0.508 e. The fraction of sp³-hybridized carbons (Fsp3) is 0.385. The standard InChI is InChI=1S/C11H11NO3.C2H7P/c13-9-4-2-1-3-8(9)7-12-10(14)5-6-11(12)15;1-2-3/h1-4,13H,5-7H2;2-3H2,1H3. The van der Waals surface area contributed by atoms with E-state index in [4.69, 9.17) is 0 Å². The summed E-state index contributed by atoms with van der Waals surface area (Å²) in [6.45, 7) is 2.26. The van der Waals surface area contributed by atoms with Crippen molar-refractivity contribution in [2.24, 2.45) is 0 Å². The topological polar surface area (TPSA) is 57.6 Å². The minimum absolute atomic E-state index is 0.116. The number of imide groups is 1. The lowest BCUT2D eigenvalue weighted by molar-refractivity contribution is -0.139. The van der Waals surface area contributed by atoms with Gasteiger partial charge in [-0.25, -0.2) is 0 Å². The third-order valence-electron chi connectivity index (χ3n) is 2.47. The van der Waals surface area contributed by atoms with E-state index in [0.29, 0.717) is 5.56 Å². The first-order valence-corrected chi connectivity index (χ1v) is 6.72. The molecular weight excluding hydrogens is 249 g/mol. The number of para-hydroxylation sites is 1. The molecule has 98 valence electrons. The zero-order valence-electron chi connectivity index (χ0n) is 10.4. The number of rotatable bonds is 2. The Morgan fingerprint density at radius 1 is 1.22 bits per heavy atom. The van der Waals surface area contributed by atoms with Gasteiger partial charge < -0.3 is 5.11 Å². The Morgan fingerprint density at radius 2 is 1.72 bits per heavy atom. The number of carbonyl (C=O) groups is 2. The summed E-state index contributed by atoms with van der Waals surface area (Å²) in [7, 11) is 2.58. The van der Waals surface area contributed by atoms with Gasteiger partial charge in [-0.05, 0) is 12.2 Å². The van der Waals surface area contributed by atoms with Gasteiger partial charge >= 0.3 is 0 Å². The van der Waals surface area contributed by atoms with Crippen molar-refractivity contribution in [1.29, 1.82) is 0 Å². The van der Waals surface area contributed by atoms with Crippen molar-refractivity contribution >= 4 is 21.1 Å². The number of phenolic OH excluding ortho intramolecular Hbond substituents is 1. The second-order valence-corrected chi connectivity index (χ2v) is 4.73. The van der Waals surface area contributed by atoms with E-state index in [9.17, 15) is 14.7 Å². The first-order valence-electron chi connectivity index (χ1n) is 5.90. The summed E-state index contributed by atoms with van der Waals surface area (Å²) in [4.78, 5) is 23.8. The van der Waals surface area contributed by atoms with E-state index in [0.717, 1.165) is 0 Å². The average molecular weight is 267 g/mol. The van der Waals surface area contributed by atoms with Gasteiger partial charge in [0.15, 0.2) is 0 Å². The van der Waals surface area contributed by atoms with Crippen LogP contribution in [0.4, 0.5) is 0 Å². The molecule has 0 spiro atoms. The van der Waals surface area contributed by atoms with Crippen molar-refractivity contribution in [2.75, 3.05) is 6.16 Å². The predicted octanol–water partition coefficient (Wildman–Crippen LogP) is 1.92. The smallest absolute Gasteiger partial charge is 0.230 e. The molecule has 1 aromatic carbocycles. The lowest BCUT2D eigenvalue weighted by Gasteiger charge is -2.14. The molecule has 0 aromatic heterocycles. The second kappa shape index (κ2) is 7.12. The molecule has 1 heterocycles. The Kier molecular flexibility index (Phi) is 5.79. The molecule has 1 fully saturated rings. The number of amides is 2. The Bertz CT molecular complexity index is 418. The van der Waals surface area contributed by atoms with Gasteiger partial charge in [0, 0.05) is 18.4 Å². The number of hydrogen-bond donors (Lipinski definition) is 1. The maximum Gasteiger partial charge on any atom is 0.230 e. The van der Waals surface area contributed by atoms with Gasteiger partial charge in [-0.3, -0.25) is 14.5 Å². The molecule has 0 saturated carbocycles. The highest BCUT2D eigenvalue weighted by Gasteiger charge is 2.29. The van der Waals surface area contributed by atoms with Crippen LogP contribution in [0.3, 0.4) is 0 Å². The van der Waals surface area contributed by atoms with Gasteiger partial charge in [0.25, 0.3) is 0 Å². The molecule has 0 aliphatic carbocycles. The van der Waals surface area contributed by atoms with Crippen molar-refractivity contribution in [3.63, 3.8) is 0 Å². The number of hydrogen-bond acceptors (Lipinski definition) is 3. The van der Waals surface area contributed by atoms with Gasteiger partial charge in [0.1, 0.15) is 5.75 Å². The van der Waals surface area contributed by atoms with Crippen LogP contribution < -0.4 is 0 Å². The number of nitrogens with zero attached hydrogens (tertiary/aromatic N) is 1. The number of benzene rings is 1. The fourth-order valence-electron chi connectivity index (χ4n) is 1.61. The van der Waals surface area contributed by atoms with Gasteiger partial charge in [-0.2, -0.15) is 0 Å². The largest absolute Gasteiger partial charge is 0.508 e. The number of phenols is 1. The van der Waals surface area contributed by atoms with Crippen LogP contribution in [0.5, 0.6) is 5.75 Å². The summed E-state index contributed by atoms with van der Waals surface area (Å²) in [5.74, 6) is -0.212. The van der Waals surface area contributed by atoms with Crippen LogP contribution in [0.2, 0.25) is 0 Å². The van der Waals surface area contributed by atoms with E-state index in [2.05, 4.69) is 16.2 Å². The number of likely N-dealkylation sites (tertiary alicyclic amines) is 1. The molecule has 1 aliphatic heterocycles. The molecule has 0 bridgehead atoms. The van der Waals surface area contributed by atoms with Gasteiger partial charge in [0.05, 0.1) is 6.54 Å². The molecule has 18 heavy (non-hydrogen) atoms. The van der Waals surface area contributed by atoms with Crippen molar-refractivity contribution in [1.82, 2.24) is 4.90 Å². The quantitative estimate of drug-likeness (QED) is 0.658. The summed E-state index contributed by atoms with van der Waals surface area (Å²) < 4.78 is 0. The Hall–Kier alpha value is -1.41. The first-order chi connectivity index (χ1) is 8.60. The first kappa shape index (κ1) is 14.7. The Balaban J connectivity index is 0.000000492. The highest BCUT2D eigenvalue weighted by atomic mass is 31.0. The predicted molar refractivity (Wildman–Crippen MR) is 73.1 cm³/mol. The lowest BCUT2D eigenvalue weighted by atomic mass is 10.2. The van der Waals surface area contributed by atoms with Crippen LogP contribution >= 0.6 is 9.24 Å². The van der Waals surface area contributed by atoms with Gasteiger partial charge in [-0.1, -0.05) is 25.1 Å². The molecule has 1 aromatic rings. The van der Waals surface area contributed by atoms with E-state index in [1.807, 2.05) is 0 Å². The summed E-state index contributed by atoms with van der Waals surface area (Å²) in [5, 5.41) is 9.49. The zero-order chi connectivity index (χ0) is 13.5. The summed E-state index contributed by atoms with van der Waals surface area (Å²) in [5.41, 5.74) is 0.598. The van der Waals surface area contributed by atoms with Crippen LogP contribution in [-0.4, -0.2) is 28.0 Å². The molecular formula is C13H18NO3P. The van der Waals surface area contributed by atoms with Crippen molar-refractivity contribution in [3.05, 3.63) is 29.8 Å². The number of aromatic hydroxyl groups is 1. The van der Waals surface area contributed by atoms with Crippen molar-refractivity contribution in [3.8, 4) is 5.75 Å². The molecule has 2 rings (SSSR count). The van der Waals surface area contributed by atoms with Crippen LogP contribution in [0.15, 0.2) is 24.3 Å². The molecule has 1 N–H and O–H groups in total. The number of carbonyl (C=O) groups excluding carboxylic acids is 2. The summed E-state index contributed by atoms with van der Waals surface area (Å²) in [6.07, 6.45) is 1.73. The third kappa shape index (κ3) is 3.81. The lowest BCUT2D eigenvalue weighted by Crippen LogP contribution is -2.28. The second-order valence-electron chi connectivity index (χ2n) is 3.91. The highest BCUT2D eigenvalue weighted by molar-refractivity contribution is 7.16. The van der Waals surface area contributed by atoms with E-state index < -0.39 is 0 Å². The van der Waals surface area contributed by atoms with Gasteiger partial charge in [0.2, 0.25) is 11.8 Å². The van der Waals surface area contributed by atoms with E-state index in [-0.39, 0.29) is 37.0 Å². The minimum atomic E-state index is -0.164. The molecule has 1 aliphatic rings. The average Bonchev–Trinajstić information content (AvgIpc) is 2.65. The third-order valence-corrected chi connectivity index (χ3v) is 2.47. The maximum atomic E-state index is 11.3. The van der Waals surface area contributed by atoms with Gasteiger partial charge in [-0.15, -0.1) is 9.24 Å². The zero-order valence-corrected chi connectivity index (χ0v) is 11.6. The molecule has 0 radical (unpaired) electrons. The molecule has 5 heteroatoms. The Morgan fingerprint density at radius 3 is 2.22 bits per heavy atom. The normalized spacial score (nSPS) is 14.4. The monoisotopic (exact) mass is 267 g/mol. The van der Waals surface area contributed by atoms with E-state index >= 15 is 0 Å². The SMILES string of the molecule is CCP.O=C1CCC(=O)N1Cc1ccccc1O. The molecule has 2 amide bonds. The molecule has 4 nitrogen and oxygen atoms in total. The van der Waals surface area contributed by atoms with Crippen LogP contribution in [-0.2, 0) is 16.1 Å². The summed E-state index contributed by atoms with van der Waals surface area (Å²) >= 11 is 0. The van der Waals surface area contributed by atoms with Crippen LogP contribution in [0.25, 0.3) is 0 Å². The molecule has 1 unspecified atom stereocenters. The highest BCUT2D eigenvalue weighted by Crippen LogP contribution is 2.21. The molecule has 1 atom stereocenters. The van der Waals surface area contributed by atoms with Crippen LogP contribution in [0, 0.1) is 0 Å². The van der Waals surface area contributed by atoms with E-state index in [1.165, 1.54) is 11.1 Å². The maximum absolute atomic E-state index is 11.3. The molecule has 1 saturated heterocycles. The van der Waals surface area contributed by atoms with E-state index in [1.54, 1.807) is 24.3 Å². The Labute approximate surface area is 109 Å². The fourth-order valence-corrected chi connectivity index (χ4v) is 1.61. The van der Waals surface area contributed by atoms with Crippen molar-refractivity contribution in [2.45, 2.75) is 26.3 Å². The summed E-state index contributed by atoms with van der Waals surface area (Å²) in [6, 6.07) is 6.71. The van der Waals surface area contributed by atoms with Crippen molar-refractivity contribution < 1.29 is 14.7 Å². The van der Waals surface area contributed by atoms with Crippen LogP contribution in [0.1, 0.15) is 25.3 Å².